The van der Waals surface area contributed by atoms with Gasteiger partial charge in [-0.15, -0.1) is 0 Å². The van der Waals surface area contributed by atoms with E-state index in [0.29, 0.717) is 27.7 Å². The molecule has 0 N–H and O–H groups in total. The molecule has 0 aliphatic heterocycles. The first-order chi connectivity index (χ1) is 8.00. The van der Waals surface area contributed by atoms with Crippen LogP contribution in [0.1, 0.15) is 11.5 Å². The minimum atomic E-state index is -0.128. The van der Waals surface area contributed by atoms with Gasteiger partial charge in [0.2, 0.25) is 0 Å². The highest BCUT2D eigenvalue weighted by Gasteiger charge is 2.09. The van der Waals surface area contributed by atoms with E-state index in [1.165, 1.54) is 10.9 Å². The minimum Gasteiger partial charge on any atom is -0.321 e. The van der Waals surface area contributed by atoms with Gasteiger partial charge in [-0.3, -0.25) is 9.36 Å². The molecule has 2 aromatic rings. The van der Waals surface area contributed by atoms with Gasteiger partial charge < -0.3 is 4.57 Å². The Balaban J connectivity index is 2.41. The third-order valence-electron chi connectivity index (χ3n) is 2.50. The van der Waals surface area contributed by atoms with Crippen molar-refractivity contribution in [2.24, 2.45) is 7.05 Å². The van der Waals surface area contributed by atoms with Gasteiger partial charge in [0.1, 0.15) is 15.5 Å². The quantitative estimate of drug-likeness (QED) is 0.848. The van der Waals surface area contributed by atoms with Crippen molar-refractivity contribution >= 4 is 27.5 Å². The average molecular weight is 318 g/mol. The third-order valence-corrected chi connectivity index (χ3v) is 3.76. The second kappa shape index (κ2) is 4.62. The van der Waals surface area contributed by atoms with Crippen LogP contribution in [0.4, 0.5) is 0 Å². The second-order valence-electron chi connectivity index (χ2n) is 3.63. The standard InChI is InChI=1S/C10H10BrClN4O/c1-6-9(11)10(17)16(5-14-6)4-8-13-3-7(12)15(8)2/h3,5H,4H2,1-2H3. The van der Waals surface area contributed by atoms with Crippen LogP contribution >= 0.6 is 27.5 Å². The van der Waals surface area contributed by atoms with Crippen LogP contribution in [-0.4, -0.2) is 19.1 Å². The van der Waals surface area contributed by atoms with Crippen molar-refractivity contribution in [2.45, 2.75) is 13.5 Å². The van der Waals surface area contributed by atoms with E-state index in [1.807, 2.05) is 0 Å². The Kier molecular flexibility index (Phi) is 3.35. The normalized spacial score (nSPS) is 10.8. The van der Waals surface area contributed by atoms with Crippen LogP contribution in [0, 0.1) is 6.92 Å². The van der Waals surface area contributed by atoms with Crippen molar-refractivity contribution in [3.8, 4) is 0 Å². The van der Waals surface area contributed by atoms with Crippen molar-refractivity contribution in [3.63, 3.8) is 0 Å². The lowest BCUT2D eigenvalue weighted by molar-refractivity contribution is 0.660. The Morgan fingerprint density at radius 2 is 2.18 bits per heavy atom. The summed E-state index contributed by atoms with van der Waals surface area (Å²) < 4.78 is 3.68. The molecule has 2 aromatic heterocycles. The molecule has 2 heterocycles. The Hall–Kier alpha value is -1.14. The zero-order valence-corrected chi connectivity index (χ0v) is 11.7. The molecule has 0 aromatic carbocycles. The fraction of sp³-hybridized carbons (Fsp3) is 0.300. The summed E-state index contributed by atoms with van der Waals surface area (Å²) in [6, 6.07) is 0. The van der Waals surface area contributed by atoms with Gasteiger partial charge in [-0.2, -0.15) is 0 Å². The van der Waals surface area contributed by atoms with Crippen LogP contribution in [0.2, 0.25) is 5.15 Å². The lowest BCUT2D eigenvalue weighted by Gasteiger charge is -2.07. The van der Waals surface area contributed by atoms with Gasteiger partial charge in [0.15, 0.2) is 0 Å². The predicted molar refractivity (Wildman–Crippen MR) is 68.3 cm³/mol. The fourth-order valence-electron chi connectivity index (χ4n) is 1.38. The summed E-state index contributed by atoms with van der Waals surface area (Å²) in [7, 11) is 1.80. The average Bonchev–Trinajstić information content (AvgIpc) is 2.62. The van der Waals surface area contributed by atoms with Gasteiger partial charge >= 0.3 is 0 Å². The first kappa shape index (κ1) is 12.3. The van der Waals surface area contributed by atoms with Gasteiger partial charge in [-0.05, 0) is 22.9 Å². The molecule has 17 heavy (non-hydrogen) atoms. The lowest BCUT2D eigenvalue weighted by atomic mass is 10.4. The van der Waals surface area contributed by atoms with Gasteiger partial charge in [-0.1, -0.05) is 11.6 Å². The zero-order chi connectivity index (χ0) is 12.6. The molecule has 0 aliphatic rings. The number of halogens is 2. The predicted octanol–water partition coefficient (Wildman–Crippen LogP) is 1.75. The second-order valence-corrected chi connectivity index (χ2v) is 4.81. The summed E-state index contributed by atoms with van der Waals surface area (Å²) in [5, 5.41) is 0.534. The molecule has 0 saturated carbocycles. The fourth-order valence-corrected chi connectivity index (χ4v) is 1.86. The van der Waals surface area contributed by atoms with Crippen molar-refractivity contribution in [1.82, 2.24) is 19.1 Å². The Labute approximate surface area is 111 Å². The van der Waals surface area contributed by atoms with Crippen molar-refractivity contribution in [3.05, 3.63) is 44.0 Å². The largest absolute Gasteiger partial charge is 0.321 e. The first-order valence-electron chi connectivity index (χ1n) is 4.88. The molecular formula is C10H10BrClN4O. The number of nitrogens with zero attached hydrogens (tertiary/aromatic N) is 4. The number of rotatable bonds is 2. The number of aryl methyl sites for hydroxylation is 1. The molecule has 0 radical (unpaired) electrons. The number of hydrogen-bond acceptors (Lipinski definition) is 3. The van der Waals surface area contributed by atoms with Gasteiger partial charge in [-0.25, -0.2) is 9.97 Å². The summed E-state index contributed by atoms with van der Waals surface area (Å²) in [5.41, 5.74) is 0.542. The molecule has 0 fully saturated rings. The summed E-state index contributed by atoms with van der Waals surface area (Å²) in [5.74, 6) is 0.703. The SMILES string of the molecule is Cc1ncn(Cc2ncc(Cl)n2C)c(=O)c1Br. The van der Waals surface area contributed by atoms with Crippen LogP contribution in [0.3, 0.4) is 0 Å². The molecule has 0 unspecified atom stereocenters. The topological polar surface area (TPSA) is 52.7 Å². The van der Waals surface area contributed by atoms with Crippen molar-refractivity contribution < 1.29 is 0 Å². The van der Waals surface area contributed by atoms with E-state index >= 15 is 0 Å². The molecule has 0 aliphatic carbocycles. The van der Waals surface area contributed by atoms with Gasteiger partial charge in [0.25, 0.3) is 5.56 Å². The highest BCUT2D eigenvalue weighted by Crippen LogP contribution is 2.11. The third kappa shape index (κ3) is 2.28. The molecule has 0 bridgehead atoms. The van der Waals surface area contributed by atoms with Crippen LogP contribution < -0.4 is 5.56 Å². The molecule has 2 rings (SSSR count). The van der Waals surface area contributed by atoms with Crippen molar-refractivity contribution in [1.29, 1.82) is 0 Å². The van der Waals surface area contributed by atoms with E-state index in [4.69, 9.17) is 11.6 Å². The van der Waals surface area contributed by atoms with E-state index in [-0.39, 0.29) is 5.56 Å². The maximum absolute atomic E-state index is 11.9. The zero-order valence-electron chi connectivity index (χ0n) is 9.31. The number of aromatic nitrogens is 4. The Morgan fingerprint density at radius 1 is 1.47 bits per heavy atom. The van der Waals surface area contributed by atoms with Gasteiger partial charge in [0.05, 0.1) is 24.8 Å². The summed E-state index contributed by atoms with van der Waals surface area (Å²) in [4.78, 5) is 20.2. The maximum atomic E-state index is 11.9. The number of imidazole rings is 1. The number of hydrogen-bond donors (Lipinski definition) is 0. The first-order valence-corrected chi connectivity index (χ1v) is 6.05. The molecule has 90 valence electrons. The molecule has 5 nitrogen and oxygen atoms in total. The Morgan fingerprint density at radius 3 is 2.76 bits per heavy atom. The summed E-state index contributed by atoms with van der Waals surface area (Å²) >= 11 is 9.10. The summed E-state index contributed by atoms with van der Waals surface area (Å²) in [6.45, 7) is 2.11. The van der Waals surface area contributed by atoms with E-state index in [2.05, 4.69) is 25.9 Å². The minimum absolute atomic E-state index is 0.128. The highest BCUT2D eigenvalue weighted by atomic mass is 79.9. The summed E-state index contributed by atoms with van der Waals surface area (Å²) in [6.07, 6.45) is 3.06. The van der Waals surface area contributed by atoms with Crippen molar-refractivity contribution in [2.75, 3.05) is 0 Å². The van der Waals surface area contributed by atoms with E-state index in [9.17, 15) is 4.79 Å². The molecular weight excluding hydrogens is 307 g/mol. The van der Waals surface area contributed by atoms with Crippen LogP contribution in [0.15, 0.2) is 21.8 Å². The lowest BCUT2D eigenvalue weighted by Crippen LogP contribution is -2.23. The monoisotopic (exact) mass is 316 g/mol. The highest BCUT2D eigenvalue weighted by molar-refractivity contribution is 9.10. The maximum Gasteiger partial charge on any atom is 0.268 e. The molecule has 0 amide bonds. The van der Waals surface area contributed by atoms with E-state index in [0.717, 1.165) is 0 Å². The molecule has 0 atom stereocenters. The van der Waals surface area contributed by atoms with Crippen LogP contribution in [-0.2, 0) is 13.6 Å². The molecule has 0 saturated heterocycles. The molecule has 7 heteroatoms. The smallest absolute Gasteiger partial charge is 0.268 e. The van der Waals surface area contributed by atoms with E-state index in [1.54, 1.807) is 24.7 Å². The molecule has 0 spiro atoms. The van der Waals surface area contributed by atoms with Crippen LogP contribution in [0.5, 0.6) is 0 Å². The Bertz CT molecular complexity index is 619. The van der Waals surface area contributed by atoms with E-state index < -0.39 is 0 Å². The van der Waals surface area contributed by atoms with Gasteiger partial charge in [0, 0.05) is 7.05 Å². The van der Waals surface area contributed by atoms with Crippen LogP contribution in [0.25, 0.3) is 0 Å².